The van der Waals surface area contributed by atoms with E-state index in [1.165, 1.54) is 23.5 Å². The van der Waals surface area contributed by atoms with Gasteiger partial charge in [-0.05, 0) is 45.0 Å². The Hall–Kier alpha value is -2.68. The molecular formula is C22H29FN6OS. The molecule has 1 aliphatic rings. The minimum absolute atomic E-state index is 0.0191. The Balaban J connectivity index is 1.63. The van der Waals surface area contributed by atoms with E-state index in [9.17, 15) is 9.18 Å². The number of nitrogens with one attached hydrogen (secondary N) is 1. The maximum absolute atomic E-state index is 13.4. The third-order valence-corrected chi connectivity index (χ3v) is 6.13. The number of carbonyl (C=O) groups is 1. The topological polar surface area (TPSA) is 65.8 Å². The van der Waals surface area contributed by atoms with Crippen LogP contribution in [0.15, 0.2) is 24.3 Å². The van der Waals surface area contributed by atoms with Crippen molar-refractivity contribution in [2.45, 2.75) is 40.2 Å². The largest absolute Gasteiger partial charge is 0.364 e. The molecule has 1 amide bonds. The van der Waals surface area contributed by atoms with Crippen LogP contribution < -0.4 is 10.2 Å². The molecule has 1 N–H and O–H groups in total. The Kier molecular flexibility index (Phi) is 5.63. The first-order valence-corrected chi connectivity index (χ1v) is 11.4. The van der Waals surface area contributed by atoms with Crippen LogP contribution in [-0.4, -0.2) is 57.1 Å². The van der Waals surface area contributed by atoms with Gasteiger partial charge in [-0.3, -0.25) is 4.79 Å². The van der Waals surface area contributed by atoms with E-state index >= 15 is 0 Å². The van der Waals surface area contributed by atoms with Crippen molar-refractivity contribution in [2.75, 3.05) is 36.4 Å². The van der Waals surface area contributed by atoms with Gasteiger partial charge in [-0.25, -0.2) is 9.37 Å². The van der Waals surface area contributed by atoms with Gasteiger partial charge in [-0.15, -0.1) is 5.10 Å². The molecule has 1 saturated heterocycles. The van der Waals surface area contributed by atoms with Gasteiger partial charge in [0, 0.05) is 43.2 Å². The Bertz CT molecular complexity index is 1070. The molecule has 166 valence electrons. The highest BCUT2D eigenvalue weighted by Crippen LogP contribution is 2.35. The van der Waals surface area contributed by atoms with Crippen molar-refractivity contribution in [1.29, 1.82) is 0 Å². The number of imidazole rings is 1. The Morgan fingerprint density at radius 3 is 2.35 bits per heavy atom. The predicted octanol–water partition coefficient (Wildman–Crippen LogP) is 4.11. The Morgan fingerprint density at radius 1 is 1.13 bits per heavy atom. The van der Waals surface area contributed by atoms with Gasteiger partial charge < -0.3 is 15.1 Å². The van der Waals surface area contributed by atoms with Crippen molar-refractivity contribution in [1.82, 2.24) is 19.5 Å². The average Bonchev–Trinajstić information content (AvgIpc) is 3.26. The van der Waals surface area contributed by atoms with Crippen LogP contribution in [0.2, 0.25) is 0 Å². The molecule has 0 aliphatic carbocycles. The van der Waals surface area contributed by atoms with E-state index in [0.717, 1.165) is 40.3 Å². The van der Waals surface area contributed by atoms with Crippen molar-refractivity contribution in [3.05, 3.63) is 30.1 Å². The van der Waals surface area contributed by atoms with E-state index in [2.05, 4.69) is 31.0 Å². The van der Waals surface area contributed by atoms with Crippen LogP contribution >= 0.6 is 11.3 Å². The number of piperazine rings is 1. The molecule has 1 fully saturated rings. The summed E-state index contributed by atoms with van der Waals surface area (Å²) in [4.78, 5) is 22.0. The molecule has 0 bridgehead atoms. The van der Waals surface area contributed by atoms with Crippen LogP contribution in [0.1, 0.15) is 34.6 Å². The molecule has 1 aliphatic heterocycles. The van der Waals surface area contributed by atoms with Gasteiger partial charge in [0.15, 0.2) is 5.82 Å². The number of nitrogens with zero attached hydrogens (tertiary/aromatic N) is 5. The molecule has 2 aromatic heterocycles. The normalized spacial score (nSPS) is 15.2. The van der Waals surface area contributed by atoms with E-state index < -0.39 is 0 Å². The second kappa shape index (κ2) is 8.11. The highest BCUT2D eigenvalue weighted by molar-refractivity contribution is 7.20. The van der Waals surface area contributed by atoms with Crippen LogP contribution in [0.3, 0.4) is 0 Å². The van der Waals surface area contributed by atoms with Crippen LogP contribution in [0, 0.1) is 11.7 Å². The van der Waals surface area contributed by atoms with Crippen molar-refractivity contribution in [3.63, 3.8) is 0 Å². The fourth-order valence-electron chi connectivity index (χ4n) is 3.63. The van der Waals surface area contributed by atoms with Crippen molar-refractivity contribution in [3.8, 4) is 11.3 Å². The maximum atomic E-state index is 13.4. The first-order chi connectivity index (χ1) is 14.6. The summed E-state index contributed by atoms with van der Waals surface area (Å²) in [5, 5.41) is 9.25. The fraction of sp³-hybridized carbons (Fsp3) is 0.500. The van der Waals surface area contributed by atoms with E-state index in [1.54, 1.807) is 12.1 Å². The van der Waals surface area contributed by atoms with Crippen LogP contribution in [-0.2, 0) is 4.79 Å². The summed E-state index contributed by atoms with van der Waals surface area (Å²) in [5.41, 5.74) is 1.40. The third-order valence-electron chi connectivity index (χ3n) is 5.16. The van der Waals surface area contributed by atoms with Gasteiger partial charge in [0.05, 0.1) is 0 Å². The van der Waals surface area contributed by atoms with E-state index in [-0.39, 0.29) is 23.2 Å². The fourth-order valence-corrected chi connectivity index (χ4v) is 4.58. The quantitative estimate of drug-likeness (QED) is 0.656. The zero-order chi connectivity index (χ0) is 22.3. The number of halogens is 1. The summed E-state index contributed by atoms with van der Waals surface area (Å²) < 4.78 is 15.3. The molecule has 9 heteroatoms. The molecule has 1 aromatic carbocycles. The molecule has 4 rings (SSSR count). The molecule has 3 heterocycles. The molecular weight excluding hydrogens is 415 g/mol. The highest BCUT2D eigenvalue weighted by Gasteiger charge is 2.27. The maximum Gasteiger partial charge on any atom is 0.225 e. The summed E-state index contributed by atoms with van der Waals surface area (Å²) in [6, 6.07) is 6.36. The van der Waals surface area contributed by atoms with Gasteiger partial charge in [-0.1, -0.05) is 25.2 Å². The monoisotopic (exact) mass is 444 g/mol. The summed E-state index contributed by atoms with van der Waals surface area (Å²) >= 11 is 1.53. The van der Waals surface area contributed by atoms with Crippen LogP contribution in [0.25, 0.3) is 16.2 Å². The molecule has 31 heavy (non-hydrogen) atoms. The zero-order valence-corrected chi connectivity index (χ0v) is 19.5. The number of carbonyl (C=O) groups excluding carboxylic acids is 1. The number of anilines is 2. The number of benzene rings is 1. The smallest absolute Gasteiger partial charge is 0.225 e. The molecule has 0 atom stereocenters. The van der Waals surface area contributed by atoms with Gasteiger partial charge in [0.2, 0.25) is 16.0 Å². The SMILES string of the molecule is CC(C)C(=O)N1CCN(c2nn3c(NC(C)(C)C)c(-c4ccc(F)cc4)nc3s2)CC1. The van der Waals surface area contributed by atoms with Crippen molar-refractivity contribution < 1.29 is 9.18 Å². The Labute approximate surface area is 185 Å². The van der Waals surface area contributed by atoms with Gasteiger partial charge in [0.25, 0.3) is 0 Å². The third kappa shape index (κ3) is 4.51. The van der Waals surface area contributed by atoms with Gasteiger partial charge in [-0.2, -0.15) is 4.52 Å². The number of fused-ring (bicyclic) bond motifs is 1. The van der Waals surface area contributed by atoms with E-state index in [0.29, 0.717) is 13.1 Å². The lowest BCUT2D eigenvalue weighted by molar-refractivity contribution is -0.134. The number of aromatic nitrogens is 3. The molecule has 3 aromatic rings. The molecule has 0 spiro atoms. The first kappa shape index (κ1) is 21.5. The lowest BCUT2D eigenvalue weighted by Gasteiger charge is -2.35. The van der Waals surface area contributed by atoms with Gasteiger partial charge in [0.1, 0.15) is 11.5 Å². The van der Waals surface area contributed by atoms with Crippen LogP contribution in [0.5, 0.6) is 0 Å². The number of rotatable bonds is 4. The zero-order valence-electron chi connectivity index (χ0n) is 18.6. The first-order valence-electron chi connectivity index (χ1n) is 10.6. The second-order valence-electron chi connectivity index (χ2n) is 9.24. The molecule has 0 unspecified atom stereocenters. The van der Waals surface area contributed by atoms with Crippen molar-refractivity contribution >= 4 is 33.2 Å². The van der Waals surface area contributed by atoms with Gasteiger partial charge >= 0.3 is 0 Å². The standard InChI is InChI=1S/C22H29FN6OS/c1-14(2)19(30)27-10-12-28(13-11-27)21-26-29-18(25-22(3,4)5)17(24-20(29)31-21)15-6-8-16(23)9-7-15/h6-9,14,25H,10-13H2,1-5H3. The number of hydrogen-bond donors (Lipinski definition) is 1. The predicted molar refractivity (Wildman–Crippen MR) is 123 cm³/mol. The number of amides is 1. The molecule has 0 radical (unpaired) electrons. The lowest BCUT2D eigenvalue weighted by Crippen LogP contribution is -2.49. The molecule has 7 nitrogen and oxygen atoms in total. The second-order valence-corrected chi connectivity index (χ2v) is 10.2. The number of hydrogen-bond acceptors (Lipinski definition) is 6. The summed E-state index contributed by atoms with van der Waals surface area (Å²) in [6.45, 7) is 13.0. The summed E-state index contributed by atoms with van der Waals surface area (Å²) in [7, 11) is 0. The minimum Gasteiger partial charge on any atom is -0.364 e. The average molecular weight is 445 g/mol. The summed E-state index contributed by atoms with van der Waals surface area (Å²) in [6.07, 6.45) is 0. The Morgan fingerprint density at radius 2 is 1.77 bits per heavy atom. The van der Waals surface area contributed by atoms with Crippen molar-refractivity contribution in [2.24, 2.45) is 5.92 Å². The van der Waals surface area contributed by atoms with E-state index in [4.69, 9.17) is 10.1 Å². The highest BCUT2D eigenvalue weighted by atomic mass is 32.1. The summed E-state index contributed by atoms with van der Waals surface area (Å²) in [5.74, 6) is 0.746. The van der Waals surface area contributed by atoms with Crippen LogP contribution in [0.4, 0.5) is 15.3 Å². The van der Waals surface area contributed by atoms with E-state index in [1.807, 2.05) is 23.3 Å². The molecule has 0 saturated carbocycles. The minimum atomic E-state index is -0.273. The lowest BCUT2D eigenvalue weighted by atomic mass is 10.1.